The Labute approximate surface area is 180 Å². The summed E-state index contributed by atoms with van der Waals surface area (Å²) in [6.45, 7) is 4.95. The quantitative estimate of drug-likeness (QED) is 0.534. The van der Waals surface area contributed by atoms with E-state index in [-0.39, 0.29) is 11.8 Å². The largest absolute Gasteiger partial charge is 0.344 e. The Bertz CT molecular complexity index is 1060. The number of amides is 3. The highest BCUT2D eigenvalue weighted by Crippen LogP contribution is 2.23. The third-order valence-electron chi connectivity index (χ3n) is 4.63. The number of benzene rings is 2. The fourth-order valence-electron chi connectivity index (χ4n) is 3.08. The number of carbonyl (C=O) groups excluding carboxylic acids is 3. The maximum Gasteiger partial charge on any atom is 0.273 e. The van der Waals surface area contributed by atoms with Gasteiger partial charge >= 0.3 is 0 Å². The van der Waals surface area contributed by atoms with Gasteiger partial charge in [-0.15, -0.1) is 0 Å². The molecule has 0 aliphatic carbocycles. The number of nitrogens with zero attached hydrogens (tertiary/aromatic N) is 2. The number of carbonyl (C=O) groups is 3. The number of hydrazine groups is 1. The van der Waals surface area contributed by atoms with Gasteiger partial charge in [0.05, 0.1) is 11.3 Å². The van der Waals surface area contributed by atoms with Crippen molar-refractivity contribution < 1.29 is 14.4 Å². The molecule has 3 aromatic rings. The first-order valence-electron chi connectivity index (χ1n) is 9.94. The fourth-order valence-corrected chi connectivity index (χ4v) is 3.08. The molecule has 3 rings (SSSR count). The third kappa shape index (κ3) is 5.36. The predicted octanol–water partition coefficient (Wildman–Crippen LogP) is 2.46. The van der Waals surface area contributed by atoms with Gasteiger partial charge in [-0.05, 0) is 18.1 Å². The van der Waals surface area contributed by atoms with E-state index in [1.165, 1.54) is 6.92 Å². The molecule has 0 saturated heterocycles. The maximum atomic E-state index is 12.9. The highest BCUT2D eigenvalue weighted by atomic mass is 16.2. The molecule has 0 fully saturated rings. The molecule has 0 bridgehead atoms. The second-order valence-corrected chi connectivity index (χ2v) is 7.40. The molecule has 0 unspecified atom stereocenters. The van der Waals surface area contributed by atoms with Crippen molar-refractivity contribution in [2.45, 2.75) is 26.8 Å². The SMILES string of the molecule is CC(=O)N[C@H](C(=O)NNC(=O)c1cn(-c2ccccc2)nc1-c1ccccc1)C(C)C. The Morgan fingerprint density at radius 1 is 0.903 bits per heavy atom. The zero-order valence-electron chi connectivity index (χ0n) is 17.6. The summed E-state index contributed by atoms with van der Waals surface area (Å²) in [5.74, 6) is -1.49. The Morgan fingerprint density at radius 3 is 2.10 bits per heavy atom. The molecule has 0 spiro atoms. The molecule has 8 heteroatoms. The van der Waals surface area contributed by atoms with Crippen LogP contribution in [0.25, 0.3) is 16.9 Å². The average Bonchev–Trinajstić information content (AvgIpc) is 3.22. The molecule has 0 aliphatic rings. The van der Waals surface area contributed by atoms with E-state index < -0.39 is 17.9 Å². The molecule has 1 aromatic heterocycles. The van der Waals surface area contributed by atoms with Gasteiger partial charge in [0.1, 0.15) is 11.7 Å². The van der Waals surface area contributed by atoms with Crippen LogP contribution >= 0.6 is 0 Å². The van der Waals surface area contributed by atoms with E-state index in [1.807, 2.05) is 60.7 Å². The molecule has 8 nitrogen and oxygen atoms in total. The number of hydrogen-bond acceptors (Lipinski definition) is 4. The number of aromatic nitrogens is 2. The van der Waals surface area contributed by atoms with Gasteiger partial charge in [0.25, 0.3) is 11.8 Å². The molecule has 3 N–H and O–H groups in total. The van der Waals surface area contributed by atoms with Crippen LogP contribution in [0.5, 0.6) is 0 Å². The van der Waals surface area contributed by atoms with Crippen LogP contribution in [0.4, 0.5) is 0 Å². The lowest BCUT2D eigenvalue weighted by atomic mass is 10.0. The third-order valence-corrected chi connectivity index (χ3v) is 4.63. The Morgan fingerprint density at radius 2 is 1.52 bits per heavy atom. The number of nitrogens with one attached hydrogen (secondary N) is 3. The summed E-state index contributed by atoms with van der Waals surface area (Å²) in [5, 5.41) is 7.17. The van der Waals surface area contributed by atoms with Gasteiger partial charge in [-0.2, -0.15) is 5.10 Å². The molecular formula is C23H25N5O3. The van der Waals surface area contributed by atoms with E-state index in [2.05, 4.69) is 21.3 Å². The summed E-state index contributed by atoms with van der Waals surface area (Å²) < 4.78 is 1.62. The summed E-state index contributed by atoms with van der Waals surface area (Å²) in [5.41, 5.74) is 7.20. The Hall–Kier alpha value is -3.94. The maximum absolute atomic E-state index is 12.9. The van der Waals surface area contributed by atoms with Crippen molar-refractivity contribution in [2.75, 3.05) is 0 Å². The minimum absolute atomic E-state index is 0.151. The summed E-state index contributed by atoms with van der Waals surface area (Å²) in [6, 6.07) is 18.0. The molecule has 1 atom stereocenters. The van der Waals surface area contributed by atoms with Crippen molar-refractivity contribution in [1.82, 2.24) is 25.9 Å². The molecule has 160 valence electrons. The number of para-hydroxylation sites is 1. The summed E-state index contributed by atoms with van der Waals surface area (Å²) in [7, 11) is 0. The summed E-state index contributed by atoms with van der Waals surface area (Å²) >= 11 is 0. The standard InChI is InChI=1S/C23H25N5O3/c1-15(2)20(24-16(3)29)23(31)26-25-22(30)19-14-28(18-12-8-5-9-13-18)27-21(19)17-10-6-4-7-11-17/h4-15,20H,1-3H3,(H,24,29)(H,25,30)(H,26,31)/t20-/m0/s1. The van der Waals surface area contributed by atoms with Gasteiger partial charge in [0.2, 0.25) is 5.91 Å². The van der Waals surface area contributed by atoms with Crippen LogP contribution in [0, 0.1) is 5.92 Å². The predicted molar refractivity (Wildman–Crippen MR) is 117 cm³/mol. The molecule has 0 aliphatic heterocycles. The first-order valence-corrected chi connectivity index (χ1v) is 9.94. The lowest BCUT2D eigenvalue weighted by Crippen LogP contribution is -2.54. The lowest BCUT2D eigenvalue weighted by Gasteiger charge is -2.20. The molecule has 31 heavy (non-hydrogen) atoms. The molecular weight excluding hydrogens is 394 g/mol. The minimum atomic E-state index is -0.765. The van der Waals surface area contributed by atoms with E-state index in [9.17, 15) is 14.4 Å². The molecule has 0 saturated carbocycles. The Kier molecular flexibility index (Phi) is 6.81. The average molecular weight is 419 g/mol. The molecule has 3 amide bonds. The van der Waals surface area contributed by atoms with Crippen molar-refractivity contribution in [3.8, 4) is 16.9 Å². The van der Waals surface area contributed by atoms with Crippen molar-refractivity contribution in [3.05, 3.63) is 72.4 Å². The summed E-state index contributed by atoms with van der Waals surface area (Å²) in [4.78, 5) is 36.8. The summed E-state index contributed by atoms with van der Waals surface area (Å²) in [6.07, 6.45) is 1.62. The number of hydrogen-bond donors (Lipinski definition) is 3. The van der Waals surface area contributed by atoms with E-state index in [0.717, 1.165) is 11.3 Å². The van der Waals surface area contributed by atoms with Crippen LogP contribution in [0.1, 0.15) is 31.1 Å². The topological polar surface area (TPSA) is 105 Å². The Balaban J connectivity index is 1.85. The molecule has 0 radical (unpaired) electrons. The molecule has 1 heterocycles. The van der Waals surface area contributed by atoms with Gasteiger partial charge in [0, 0.05) is 18.7 Å². The van der Waals surface area contributed by atoms with Crippen LogP contribution in [0.15, 0.2) is 66.9 Å². The van der Waals surface area contributed by atoms with Crippen molar-refractivity contribution in [2.24, 2.45) is 5.92 Å². The zero-order chi connectivity index (χ0) is 22.4. The number of rotatable bonds is 6. The zero-order valence-corrected chi connectivity index (χ0v) is 17.6. The normalized spacial score (nSPS) is 11.6. The van der Waals surface area contributed by atoms with Crippen LogP contribution in [0.3, 0.4) is 0 Å². The lowest BCUT2D eigenvalue weighted by molar-refractivity contribution is -0.129. The van der Waals surface area contributed by atoms with E-state index >= 15 is 0 Å². The first-order chi connectivity index (χ1) is 14.9. The van der Waals surface area contributed by atoms with E-state index in [1.54, 1.807) is 24.7 Å². The van der Waals surface area contributed by atoms with Crippen LogP contribution < -0.4 is 16.2 Å². The van der Waals surface area contributed by atoms with E-state index in [0.29, 0.717) is 11.3 Å². The van der Waals surface area contributed by atoms with Crippen LogP contribution in [-0.2, 0) is 9.59 Å². The van der Waals surface area contributed by atoms with Crippen molar-refractivity contribution in [1.29, 1.82) is 0 Å². The van der Waals surface area contributed by atoms with Crippen LogP contribution in [-0.4, -0.2) is 33.5 Å². The second-order valence-electron chi connectivity index (χ2n) is 7.40. The van der Waals surface area contributed by atoms with Gasteiger partial charge in [0.15, 0.2) is 0 Å². The minimum Gasteiger partial charge on any atom is -0.344 e. The molecule has 2 aromatic carbocycles. The van der Waals surface area contributed by atoms with Crippen molar-refractivity contribution >= 4 is 17.7 Å². The first kappa shape index (κ1) is 21.8. The van der Waals surface area contributed by atoms with Gasteiger partial charge in [-0.25, -0.2) is 4.68 Å². The van der Waals surface area contributed by atoms with Gasteiger partial charge in [-0.3, -0.25) is 25.2 Å². The smallest absolute Gasteiger partial charge is 0.273 e. The van der Waals surface area contributed by atoms with Crippen LogP contribution in [0.2, 0.25) is 0 Å². The fraction of sp³-hybridized carbons (Fsp3) is 0.217. The second kappa shape index (κ2) is 9.71. The van der Waals surface area contributed by atoms with Gasteiger partial charge < -0.3 is 5.32 Å². The highest BCUT2D eigenvalue weighted by molar-refractivity contribution is 6.01. The highest BCUT2D eigenvalue weighted by Gasteiger charge is 2.24. The van der Waals surface area contributed by atoms with E-state index in [4.69, 9.17) is 0 Å². The van der Waals surface area contributed by atoms with Gasteiger partial charge in [-0.1, -0.05) is 62.4 Å². The van der Waals surface area contributed by atoms with Crippen molar-refractivity contribution in [3.63, 3.8) is 0 Å². The monoisotopic (exact) mass is 419 g/mol.